The van der Waals surface area contributed by atoms with Crippen molar-refractivity contribution in [2.24, 2.45) is 0 Å². The molecule has 10 nitrogen and oxygen atoms in total. The minimum atomic E-state index is -1.00. The Bertz CT molecular complexity index is 7690. The molecule has 2 N–H and O–H groups in total. The fourth-order valence-electron chi connectivity index (χ4n) is 16.0. The molecule has 0 saturated heterocycles. The zero-order valence-corrected chi connectivity index (χ0v) is 86.9. The van der Waals surface area contributed by atoms with Crippen molar-refractivity contribution in [3.05, 3.63) is 548 Å². The Balaban J connectivity index is 0.000000131. The van der Waals surface area contributed by atoms with Gasteiger partial charge in [0, 0.05) is 74.9 Å². The van der Waals surface area contributed by atoms with E-state index in [0.717, 1.165) is 53.8 Å². The monoisotopic (exact) mass is 2290 g/mol. The maximum absolute atomic E-state index is 11.2. The standard InChI is InChI=1S/C24H19N.C22H14BrN.C18H15P.C17H10Br.C16H10BrNO2.C10H8BO2.C6H3Br2NO2.C6H5I.CH3B.CH3F/c1-3-7-19(8-4-1)21-11-15-23(16-12-21)25-24-17-13-22(14-18-24)20-9-5-2-6-10-20;23-17-10-11-19-20-12-15-6-4-5-7-16(15)13-21(20)24(22(19)14-17)18-8-2-1-3-9-18;1-4-10-16(11-5-1)19(17-12-6-2-7-13-17)18-14-8-3-9-15-18;18-15-5-6-16-14(9-15)8-13-7-11-3-1-2-4-12(11)10-17(13)16;17-14-7-8-15(16(10-14)18(19)20)13-6-5-11-3-1-2-4-12(11)9-13;12-11-13-10-6-5-8-3-1-2-4-9(8)7-10;7-4-1-2-5(8)6(3-4)9(10)11;7-6-4-2-1-3-5-6;2*1-2/h1-18,25H;1-14H;1-15H;2-7,9-10H,8H2;1-10H;1-7,12H;1-3H;1-5H;2*1H3/q;;;+1;;;;;;/i;;;;;;;;2*1D. The lowest BCUT2D eigenvalue weighted by molar-refractivity contribution is -0.385. The number of anilines is 2. The van der Waals surface area contributed by atoms with E-state index in [1.54, 1.807) is 18.2 Å². The van der Waals surface area contributed by atoms with Gasteiger partial charge in [0.2, 0.25) is 0 Å². The van der Waals surface area contributed by atoms with Crippen LogP contribution in [0.4, 0.5) is 27.1 Å². The Labute approximate surface area is 882 Å². The number of aromatic nitrogens is 1. The molecule has 0 saturated carbocycles. The van der Waals surface area contributed by atoms with E-state index < -0.39 is 20.0 Å². The number of benzene rings is 20. The van der Waals surface area contributed by atoms with E-state index in [0.29, 0.717) is 32.4 Å². The van der Waals surface area contributed by atoms with Gasteiger partial charge in [-0.25, -0.2) is 0 Å². The SMILES string of the molecule is Brc1ccc2c(c1)Cc1cc3c(cc1-2)C=C[C+]=C3.Brc1ccc2c3cc4ccccc4cc3n(-c3ccccc3)c2c1.Ic1ccccc1.O=[N+]([O-])c1cc(Br)ccc1-c1ccc2ccccc2c1.O=[N+]([O-])c1cc(Br)ccc1Br.O[B]Oc1ccc2ccccc2c1.[2H]CF.[2H]C[B].c1ccc(-c2ccc(Nc3ccc(-c4ccccc4)cc3)cc2)cc1.c1ccc(P(c2ccccc2)c2ccccc2)cc1. The number of hydrogen-bond acceptors (Lipinski definition) is 7. The van der Waals surface area contributed by atoms with Crippen LogP contribution in [0.25, 0.3) is 116 Å². The summed E-state index contributed by atoms with van der Waals surface area (Å²) in [5.41, 5.74) is 20.6. The summed E-state index contributed by atoms with van der Waals surface area (Å²) in [6.45, 7) is 0. The van der Waals surface area contributed by atoms with Gasteiger partial charge >= 0.3 is 7.69 Å². The van der Waals surface area contributed by atoms with Gasteiger partial charge < -0.3 is 19.6 Å². The molecule has 689 valence electrons. The molecular weight excluding hydrogens is 2200 g/mol. The third-order valence-electron chi connectivity index (χ3n) is 22.5. The second-order valence-electron chi connectivity index (χ2n) is 31.5. The molecule has 0 aliphatic heterocycles. The summed E-state index contributed by atoms with van der Waals surface area (Å²) in [7, 11) is 3.75. The van der Waals surface area contributed by atoms with Crippen molar-refractivity contribution in [2.75, 3.05) is 12.5 Å². The van der Waals surface area contributed by atoms with Crippen LogP contribution in [0, 0.1) is 29.9 Å². The van der Waals surface area contributed by atoms with Crippen molar-refractivity contribution in [3.8, 4) is 55.9 Å². The van der Waals surface area contributed by atoms with E-state index in [-0.39, 0.29) is 23.1 Å². The van der Waals surface area contributed by atoms with E-state index in [4.69, 9.17) is 12.4 Å². The number of nitrogens with one attached hydrogen (secondary N) is 1. The minimum Gasteiger partial charge on any atom is -0.537 e. The number of hydrogen-bond donors (Lipinski definition) is 2. The molecule has 1 heterocycles. The van der Waals surface area contributed by atoms with Crippen molar-refractivity contribution >= 4 is 231 Å². The number of halogens is 7. The summed E-state index contributed by atoms with van der Waals surface area (Å²) in [4.78, 5) is 20.7. The Morgan fingerprint density at radius 1 is 0.411 bits per heavy atom. The number of rotatable bonds is 13. The van der Waals surface area contributed by atoms with Gasteiger partial charge in [0.15, 0.2) is 0 Å². The predicted molar refractivity (Wildman–Crippen MR) is 620 cm³/mol. The van der Waals surface area contributed by atoms with E-state index in [2.05, 4.69) is 454 Å². The topological polar surface area (TPSA) is 133 Å². The zero-order valence-electron chi connectivity index (χ0n) is 77.9. The van der Waals surface area contributed by atoms with Crippen LogP contribution >= 0.6 is 110 Å². The summed E-state index contributed by atoms with van der Waals surface area (Å²) in [6, 6.07) is 159. The molecule has 0 spiro atoms. The molecule has 20 heteroatoms. The van der Waals surface area contributed by atoms with Crippen LogP contribution in [0.15, 0.2) is 496 Å². The van der Waals surface area contributed by atoms with Gasteiger partial charge in [0.25, 0.3) is 11.4 Å². The summed E-state index contributed by atoms with van der Waals surface area (Å²) >= 11 is 18.9. The van der Waals surface area contributed by atoms with Crippen molar-refractivity contribution in [2.45, 2.75) is 13.2 Å². The van der Waals surface area contributed by atoms with Crippen molar-refractivity contribution < 1.29 is 26.7 Å². The largest absolute Gasteiger partial charge is 0.569 e. The predicted octanol–water partition coefficient (Wildman–Crippen LogP) is 34.9. The molecule has 141 heavy (non-hydrogen) atoms. The molecule has 0 atom stereocenters. The molecule has 3 radical (unpaired) electrons. The molecule has 20 aromatic carbocycles. The summed E-state index contributed by atoms with van der Waals surface area (Å²) in [5.74, 6) is 0.640. The highest BCUT2D eigenvalue weighted by Gasteiger charge is 2.24. The Hall–Kier alpha value is -13.7. The third kappa shape index (κ3) is 28.2. The first-order valence-corrected chi connectivity index (χ1v) is 50.8. The quantitative estimate of drug-likeness (QED) is 0.0293. The lowest BCUT2D eigenvalue weighted by atomic mass is 9.95. The molecule has 1 aromatic heterocycles. The van der Waals surface area contributed by atoms with Gasteiger partial charge in [0.05, 0.1) is 64.5 Å². The van der Waals surface area contributed by atoms with Gasteiger partial charge in [0.1, 0.15) is 17.9 Å². The van der Waals surface area contributed by atoms with Crippen LogP contribution in [0.5, 0.6) is 5.75 Å². The first-order valence-electron chi connectivity index (χ1n) is 45.9. The maximum Gasteiger partial charge on any atom is 0.569 e. The molecule has 2 aliphatic carbocycles. The number of nitro groups is 2. The maximum atomic E-state index is 11.2. The lowest BCUT2D eigenvalue weighted by Crippen LogP contribution is -2.20. The number of fused-ring (bicyclic) bond motifs is 10. The highest BCUT2D eigenvalue weighted by molar-refractivity contribution is 14.1. The van der Waals surface area contributed by atoms with Gasteiger partial charge in [-0.3, -0.25) is 24.6 Å². The number of nitro benzene ring substituents is 2. The van der Waals surface area contributed by atoms with E-state index >= 15 is 0 Å². The number of nitrogens with zero attached hydrogens (tertiary/aromatic N) is 3. The first-order chi connectivity index (χ1) is 69.8. The Morgan fingerprint density at radius 3 is 1.32 bits per heavy atom. The first kappa shape index (κ1) is 100. The third-order valence-corrected chi connectivity index (χ3v) is 28.3. The average molecular weight is 2300 g/mol. The van der Waals surface area contributed by atoms with Crippen LogP contribution in [-0.2, 0) is 6.42 Å². The normalized spacial score (nSPS) is 10.9. The molecule has 2 aliphatic rings. The van der Waals surface area contributed by atoms with Crippen molar-refractivity contribution in [1.29, 1.82) is 0 Å². The van der Waals surface area contributed by atoms with Gasteiger partial charge in [-0.2, -0.15) is 0 Å². The highest BCUT2D eigenvalue weighted by atomic mass is 127. The molecule has 0 unspecified atom stereocenters. The van der Waals surface area contributed by atoms with Crippen LogP contribution < -0.4 is 25.9 Å². The van der Waals surface area contributed by atoms with Gasteiger partial charge in [-0.15, -0.1) is 0 Å². The van der Waals surface area contributed by atoms with Gasteiger partial charge in [-0.05, 0) is 285 Å². The minimum absolute atomic E-state index is 0. The number of para-hydroxylation sites is 1. The molecule has 0 amide bonds. The summed E-state index contributed by atoms with van der Waals surface area (Å²) < 4.78 is 34.1. The highest BCUT2D eigenvalue weighted by Crippen LogP contribution is 2.43. The summed E-state index contributed by atoms with van der Waals surface area (Å²) in [5, 5.41) is 47.2. The van der Waals surface area contributed by atoms with Crippen molar-refractivity contribution in [3.63, 3.8) is 0 Å². The smallest absolute Gasteiger partial charge is 0.537 e. The Kier molecular flexibility index (Phi) is 37.4. The van der Waals surface area contributed by atoms with Crippen LogP contribution in [0.1, 0.15) is 25.0 Å². The molecule has 0 fully saturated rings. The van der Waals surface area contributed by atoms with E-state index in [9.17, 15) is 24.6 Å². The molecular formula is C121H90B2Br5FIN4O6P+. The Morgan fingerprint density at radius 2 is 0.816 bits per heavy atom. The number of alkyl halides is 1. The molecule has 0 bridgehead atoms. The van der Waals surface area contributed by atoms with Crippen LogP contribution in [0.2, 0.25) is 6.80 Å². The van der Waals surface area contributed by atoms with Crippen LogP contribution in [-0.4, -0.2) is 42.1 Å². The lowest BCUT2D eigenvalue weighted by Gasteiger charge is -2.18. The molecule has 23 rings (SSSR count). The van der Waals surface area contributed by atoms with Gasteiger partial charge in [-0.1, -0.05) is 386 Å². The average Bonchev–Trinajstić information content (AvgIpc) is 1.59. The fraction of sp³-hybridized carbons (Fsp3) is 0.0248. The molecule has 21 aromatic rings. The second kappa shape index (κ2) is 52.6. The number of allylic oxidation sites excluding steroid dienone is 2. The van der Waals surface area contributed by atoms with Crippen molar-refractivity contribution in [1.82, 2.24) is 4.57 Å². The van der Waals surface area contributed by atoms with Crippen LogP contribution in [0.3, 0.4) is 0 Å². The van der Waals surface area contributed by atoms with E-state index in [1.807, 2.05) is 127 Å². The van der Waals surface area contributed by atoms with E-state index in [1.165, 1.54) is 126 Å². The summed E-state index contributed by atoms with van der Waals surface area (Å²) in [6.07, 6.45) is 10.4. The fourth-order valence-corrected chi connectivity index (χ4v) is 20.6. The second-order valence-corrected chi connectivity index (χ2v) is 39.5. The zero-order chi connectivity index (χ0) is 100.